The van der Waals surface area contributed by atoms with Gasteiger partial charge in [-0.1, -0.05) is 51.1 Å². The molecule has 0 spiro atoms. The number of benzene rings is 2. The number of para-hydroxylation sites is 1. The average Bonchev–Trinajstić information content (AvgIpc) is 3.24. The number of halogens is 1. The van der Waals surface area contributed by atoms with Gasteiger partial charge in [0.05, 0.1) is 31.8 Å². The van der Waals surface area contributed by atoms with Crippen molar-refractivity contribution < 1.29 is 29.0 Å². The molecule has 3 rings (SSSR count). The van der Waals surface area contributed by atoms with Crippen LogP contribution >= 0.6 is 0 Å². The van der Waals surface area contributed by atoms with E-state index in [0.29, 0.717) is 17.4 Å². The number of hydrogen-bond donors (Lipinski definition) is 4. The molecule has 0 fully saturated rings. The molecule has 1 unspecified atom stereocenters. The van der Waals surface area contributed by atoms with Crippen molar-refractivity contribution in [3.05, 3.63) is 65.6 Å². The summed E-state index contributed by atoms with van der Waals surface area (Å²) in [5.41, 5.74) is 0.945. The van der Waals surface area contributed by atoms with Crippen LogP contribution in [0, 0.1) is 11.2 Å². The van der Waals surface area contributed by atoms with Gasteiger partial charge in [0.1, 0.15) is 11.9 Å². The smallest absolute Gasteiger partial charge is 0.273 e. The zero-order valence-corrected chi connectivity index (χ0v) is 21.8. The van der Waals surface area contributed by atoms with Gasteiger partial charge in [-0.15, -0.1) is 0 Å². The molecule has 0 bridgehead atoms. The van der Waals surface area contributed by atoms with Gasteiger partial charge in [0.15, 0.2) is 5.69 Å². The second-order valence-corrected chi connectivity index (χ2v) is 9.97. The van der Waals surface area contributed by atoms with Gasteiger partial charge in [0.2, 0.25) is 11.8 Å². The highest BCUT2D eigenvalue weighted by atomic mass is 19.1. The van der Waals surface area contributed by atoms with Crippen molar-refractivity contribution in [3.63, 3.8) is 0 Å². The lowest BCUT2D eigenvalue weighted by Crippen LogP contribution is -2.55. The molecule has 3 amide bonds. The van der Waals surface area contributed by atoms with E-state index in [-0.39, 0.29) is 44.4 Å². The number of nitrogens with zero attached hydrogens (tertiary/aromatic N) is 3. The highest BCUT2D eigenvalue weighted by molar-refractivity contribution is 6.06. The Kier molecular flexibility index (Phi) is 9.54. The van der Waals surface area contributed by atoms with Crippen LogP contribution in [0.15, 0.2) is 48.5 Å². The molecule has 2 aromatic carbocycles. The highest BCUT2D eigenvalue weighted by Crippen LogP contribution is 2.23. The van der Waals surface area contributed by atoms with E-state index in [0.717, 1.165) is 5.56 Å². The normalized spacial score (nSPS) is 12.3. The summed E-state index contributed by atoms with van der Waals surface area (Å²) in [6.07, 6.45) is 0. The minimum absolute atomic E-state index is 0.0301. The zero-order chi connectivity index (χ0) is 27.9. The zero-order valence-electron chi connectivity index (χ0n) is 21.8. The Bertz CT molecular complexity index is 1260. The summed E-state index contributed by atoms with van der Waals surface area (Å²) in [4.78, 5) is 40.2. The Hall–Kier alpha value is -3.83. The monoisotopic (exact) mass is 527 g/mol. The first-order valence-electron chi connectivity index (χ1n) is 12.3. The predicted molar refractivity (Wildman–Crippen MR) is 140 cm³/mol. The number of fused-ring (bicyclic) bond motifs is 1. The van der Waals surface area contributed by atoms with Crippen molar-refractivity contribution in [3.8, 4) is 0 Å². The molecule has 3 aromatic rings. The predicted octanol–water partition coefficient (Wildman–Crippen LogP) is 1.30. The molecule has 11 heteroatoms. The number of aromatic nitrogens is 2. The number of carbonyl (C=O) groups excluding carboxylic acids is 3. The number of aliphatic hydroxyl groups excluding tert-OH is 2. The van der Waals surface area contributed by atoms with Crippen LogP contribution in [0.4, 0.5) is 4.39 Å². The summed E-state index contributed by atoms with van der Waals surface area (Å²) < 4.78 is 15.0. The summed E-state index contributed by atoms with van der Waals surface area (Å²) in [6, 6.07) is 12.2. The van der Waals surface area contributed by atoms with Gasteiger partial charge in [0, 0.05) is 18.5 Å². The van der Waals surface area contributed by atoms with E-state index < -0.39 is 29.2 Å². The van der Waals surface area contributed by atoms with E-state index in [1.807, 2.05) is 12.1 Å². The van der Waals surface area contributed by atoms with Gasteiger partial charge in [-0.05, 0) is 29.2 Å². The number of aliphatic hydroxyl groups is 2. The van der Waals surface area contributed by atoms with Crippen molar-refractivity contribution in [2.24, 2.45) is 5.41 Å². The van der Waals surface area contributed by atoms with E-state index >= 15 is 0 Å². The lowest BCUT2D eigenvalue weighted by molar-refractivity contribution is -0.134. The number of nitrogens with one attached hydrogen (secondary N) is 2. The number of hydrogen-bond acceptors (Lipinski definition) is 6. The molecule has 1 aromatic heterocycles. The van der Waals surface area contributed by atoms with Crippen molar-refractivity contribution >= 4 is 28.6 Å². The molecule has 38 heavy (non-hydrogen) atoms. The maximum Gasteiger partial charge on any atom is 0.273 e. The molecular weight excluding hydrogens is 493 g/mol. The third-order valence-electron chi connectivity index (χ3n) is 6.03. The van der Waals surface area contributed by atoms with Gasteiger partial charge in [-0.3, -0.25) is 19.1 Å². The molecule has 0 aliphatic rings. The molecular formula is C27H34FN5O5. The van der Waals surface area contributed by atoms with Crippen LogP contribution in [0.1, 0.15) is 36.8 Å². The first kappa shape index (κ1) is 28.7. The van der Waals surface area contributed by atoms with Crippen molar-refractivity contribution in [1.82, 2.24) is 25.3 Å². The van der Waals surface area contributed by atoms with Crippen molar-refractivity contribution in [2.75, 3.05) is 32.8 Å². The van der Waals surface area contributed by atoms with Crippen LogP contribution in [-0.4, -0.2) is 81.5 Å². The maximum absolute atomic E-state index is 13.4. The quantitative estimate of drug-likeness (QED) is 0.297. The lowest BCUT2D eigenvalue weighted by Gasteiger charge is -2.30. The Labute approximate surface area is 220 Å². The first-order chi connectivity index (χ1) is 18.0. The summed E-state index contributed by atoms with van der Waals surface area (Å²) in [6.45, 7) is 4.83. The molecule has 0 saturated heterocycles. The van der Waals surface area contributed by atoms with Crippen LogP contribution < -0.4 is 10.6 Å². The van der Waals surface area contributed by atoms with E-state index in [4.69, 9.17) is 10.2 Å². The Balaban J connectivity index is 1.79. The summed E-state index contributed by atoms with van der Waals surface area (Å²) >= 11 is 0. The lowest BCUT2D eigenvalue weighted by atomic mass is 9.86. The molecule has 0 saturated carbocycles. The fourth-order valence-corrected chi connectivity index (χ4v) is 4.03. The third kappa shape index (κ3) is 7.14. The van der Waals surface area contributed by atoms with Gasteiger partial charge < -0.3 is 25.7 Å². The average molecular weight is 528 g/mol. The first-order valence-corrected chi connectivity index (χ1v) is 12.3. The molecule has 204 valence electrons. The molecule has 0 radical (unpaired) electrons. The van der Waals surface area contributed by atoms with Gasteiger partial charge in [-0.2, -0.15) is 5.10 Å². The minimum Gasteiger partial charge on any atom is -0.395 e. The van der Waals surface area contributed by atoms with Gasteiger partial charge in [0.25, 0.3) is 5.91 Å². The molecule has 1 heterocycles. The Morgan fingerprint density at radius 3 is 2.26 bits per heavy atom. The number of amides is 3. The van der Waals surface area contributed by atoms with E-state index in [1.54, 1.807) is 49.7 Å². The summed E-state index contributed by atoms with van der Waals surface area (Å²) in [5.74, 6) is -1.92. The minimum atomic E-state index is -0.993. The number of rotatable bonds is 11. The fraction of sp³-hybridized carbons (Fsp3) is 0.407. The van der Waals surface area contributed by atoms with Crippen molar-refractivity contribution in [1.29, 1.82) is 0 Å². The standard InChI is InChI=1S/C27H34FN5O5/c1-27(2,3)24(26(38)29-16-22(36)32(12-14-34)13-15-35)30-25(37)23-20-6-4-5-7-21(20)33(31-23)17-18-8-10-19(28)11-9-18/h4-11,24,34-35H,12-17H2,1-3H3,(H,29,38)(H,30,37). The van der Waals surface area contributed by atoms with Crippen molar-refractivity contribution in [2.45, 2.75) is 33.4 Å². The van der Waals surface area contributed by atoms with Gasteiger partial charge >= 0.3 is 0 Å². The second kappa shape index (κ2) is 12.6. The maximum atomic E-state index is 13.4. The fourth-order valence-electron chi connectivity index (χ4n) is 4.03. The second-order valence-electron chi connectivity index (χ2n) is 9.97. The van der Waals surface area contributed by atoms with Crippen LogP contribution in [-0.2, 0) is 16.1 Å². The molecule has 10 nitrogen and oxygen atoms in total. The van der Waals surface area contributed by atoms with E-state index in [1.165, 1.54) is 17.0 Å². The van der Waals surface area contributed by atoms with Crippen LogP contribution in [0.25, 0.3) is 10.9 Å². The van der Waals surface area contributed by atoms with Gasteiger partial charge in [-0.25, -0.2) is 4.39 Å². The van der Waals surface area contributed by atoms with Crippen LogP contribution in [0.5, 0.6) is 0 Å². The molecule has 1 atom stereocenters. The largest absolute Gasteiger partial charge is 0.395 e. The molecule has 4 N–H and O–H groups in total. The van der Waals surface area contributed by atoms with E-state index in [9.17, 15) is 18.8 Å². The highest BCUT2D eigenvalue weighted by Gasteiger charge is 2.34. The Morgan fingerprint density at radius 1 is 1.03 bits per heavy atom. The molecule has 0 aliphatic heterocycles. The third-order valence-corrected chi connectivity index (χ3v) is 6.03. The molecule has 0 aliphatic carbocycles. The topological polar surface area (TPSA) is 137 Å². The van der Waals surface area contributed by atoms with Crippen LogP contribution in [0.2, 0.25) is 0 Å². The van der Waals surface area contributed by atoms with Crippen LogP contribution in [0.3, 0.4) is 0 Å². The summed E-state index contributed by atoms with van der Waals surface area (Å²) in [5, 5.41) is 28.7. The van der Waals surface area contributed by atoms with E-state index in [2.05, 4.69) is 15.7 Å². The Morgan fingerprint density at radius 2 is 1.66 bits per heavy atom. The summed E-state index contributed by atoms with van der Waals surface area (Å²) in [7, 11) is 0. The number of carbonyl (C=O) groups is 3. The SMILES string of the molecule is CC(C)(C)C(NC(=O)c1nn(Cc2ccc(F)cc2)c2ccccc12)C(=O)NCC(=O)N(CCO)CCO.